The van der Waals surface area contributed by atoms with Gasteiger partial charge in [-0.2, -0.15) is 0 Å². The van der Waals surface area contributed by atoms with Crippen molar-refractivity contribution in [3.8, 4) is 23.0 Å². The van der Waals surface area contributed by atoms with Crippen molar-refractivity contribution < 1.29 is 28.5 Å². The zero-order chi connectivity index (χ0) is 26.8. The van der Waals surface area contributed by atoms with E-state index in [1.165, 1.54) is 14.0 Å². The first-order valence-corrected chi connectivity index (χ1v) is 12.4. The number of hydrogen-bond donors (Lipinski definition) is 2. The van der Waals surface area contributed by atoms with Gasteiger partial charge in [-0.25, -0.2) is 0 Å². The number of carbonyl (C=O) groups is 2. The quantitative estimate of drug-likeness (QED) is 0.330. The molecule has 38 heavy (non-hydrogen) atoms. The topological polar surface area (TPSA) is 95.1 Å². The molecular weight excluding hydrogens is 484 g/mol. The van der Waals surface area contributed by atoms with Crippen LogP contribution in [0.25, 0.3) is 0 Å². The molecule has 0 spiro atoms. The second-order valence-corrected chi connectivity index (χ2v) is 9.29. The third-order valence-corrected chi connectivity index (χ3v) is 6.97. The van der Waals surface area contributed by atoms with Crippen molar-refractivity contribution in [2.45, 2.75) is 25.3 Å². The first-order valence-electron chi connectivity index (χ1n) is 12.4. The second kappa shape index (κ2) is 10.5. The minimum Gasteiger partial charge on any atom is -0.493 e. The number of nitrogens with one attached hydrogen (secondary N) is 2. The normalized spacial score (nSPS) is 19.9. The number of anilines is 2. The van der Waals surface area contributed by atoms with Gasteiger partial charge in [-0.05, 0) is 47.5 Å². The molecule has 1 aliphatic carbocycles. The van der Waals surface area contributed by atoms with Crippen LogP contribution in [-0.2, 0) is 9.59 Å². The van der Waals surface area contributed by atoms with Gasteiger partial charge < -0.3 is 29.6 Å². The average Bonchev–Trinajstić information content (AvgIpc) is 3.09. The average molecular weight is 515 g/mol. The van der Waals surface area contributed by atoms with Crippen molar-refractivity contribution in [3.63, 3.8) is 0 Å². The standard InChI is InChI=1S/C30H30N2O6/c1-17(33)38-26-12-10-19(16-28(26)37-4)30-29-23(31-21-7-5-6-8-22(21)32-30)13-20(14-24(29)34)18-9-11-25(35-2)27(15-18)36-3/h5-13,15-16,20,29-32H,14H2,1-4H3. The Labute approximate surface area is 221 Å². The summed E-state index contributed by atoms with van der Waals surface area (Å²) in [5, 5.41) is 7.11. The summed E-state index contributed by atoms with van der Waals surface area (Å²) in [6, 6.07) is 18.6. The summed E-state index contributed by atoms with van der Waals surface area (Å²) in [4.78, 5) is 25.4. The lowest BCUT2D eigenvalue weighted by molar-refractivity contribution is -0.132. The van der Waals surface area contributed by atoms with Gasteiger partial charge in [0.05, 0.1) is 44.7 Å². The van der Waals surface area contributed by atoms with Gasteiger partial charge in [0.2, 0.25) is 0 Å². The van der Waals surface area contributed by atoms with E-state index in [0.717, 1.165) is 28.2 Å². The van der Waals surface area contributed by atoms with Crippen LogP contribution >= 0.6 is 0 Å². The van der Waals surface area contributed by atoms with Crippen LogP contribution < -0.4 is 29.6 Å². The summed E-state index contributed by atoms with van der Waals surface area (Å²) in [6.45, 7) is 1.34. The maximum atomic E-state index is 13.9. The second-order valence-electron chi connectivity index (χ2n) is 9.29. The van der Waals surface area contributed by atoms with E-state index in [1.807, 2.05) is 54.6 Å². The zero-order valence-corrected chi connectivity index (χ0v) is 21.7. The largest absolute Gasteiger partial charge is 0.493 e. The van der Waals surface area contributed by atoms with E-state index >= 15 is 0 Å². The van der Waals surface area contributed by atoms with Gasteiger partial charge in [0, 0.05) is 25.0 Å². The summed E-state index contributed by atoms with van der Waals surface area (Å²) in [5.74, 6) is 1.07. The molecule has 0 saturated heterocycles. The van der Waals surface area contributed by atoms with E-state index in [1.54, 1.807) is 20.3 Å². The number of Topliss-reactive ketones (excluding diaryl/α,β-unsaturated/α-hetero) is 1. The number of ether oxygens (including phenoxy) is 4. The van der Waals surface area contributed by atoms with Gasteiger partial charge in [-0.1, -0.05) is 30.3 Å². The fraction of sp³-hybridized carbons (Fsp3) is 0.267. The number of rotatable bonds is 6. The molecule has 0 amide bonds. The van der Waals surface area contributed by atoms with Crippen LogP contribution in [-0.4, -0.2) is 33.1 Å². The monoisotopic (exact) mass is 514 g/mol. The third-order valence-electron chi connectivity index (χ3n) is 6.97. The Bertz CT molecular complexity index is 1420. The van der Waals surface area contributed by atoms with Crippen molar-refractivity contribution in [3.05, 3.63) is 83.6 Å². The van der Waals surface area contributed by atoms with E-state index < -0.39 is 11.9 Å². The highest BCUT2D eigenvalue weighted by molar-refractivity contribution is 5.90. The lowest BCUT2D eigenvalue weighted by Gasteiger charge is -2.32. The molecule has 0 radical (unpaired) electrons. The van der Waals surface area contributed by atoms with Crippen molar-refractivity contribution in [2.75, 3.05) is 32.0 Å². The molecule has 0 bridgehead atoms. The number of hydrogen-bond acceptors (Lipinski definition) is 8. The number of methoxy groups -OCH3 is 3. The van der Waals surface area contributed by atoms with Crippen LogP contribution in [0.4, 0.5) is 11.4 Å². The molecule has 8 nitrogen and oxygen atoms in total. The minimum absolute atomic E-state index is 0.100. The zero-order valence-electron chi connectivity index (χ0n) is 21.7. The lowest BCUT2D eigenvalue weighted by Crippen LogP contribution is -2.33. The molecule has 196 valence electrons. The highest BCUT2D eigenvalue weighted by Crippen LogP contribution is 2.46. The van der Waals surface area contributed by atoms with Gasteiger partial charge in [-0.15, -0.1) is 0 Å². The molecule has 0 aromatic heterocycles. The first-order chi connectivity index (χ1) is 18.4. The Balaban J connectivity index is 1.59. The Kier molecular flexibility index (Phi) is 6.96. The predicted octanol–water partition coefficient (Wildman–Crippen LogP) is 5.47. The third kappa shape index (κ3) is 4.77. The summed E-state index contributed by atoms with van der Waals surface area (Å²) in [7, 11) is 4.72. The molecule has 1 heterocycles. The van der Waals surface area contributed by atoms with E-state index in [9.17, 15) is 9.59 Å². The summed E-state index contributed by atoms with van der Waals surface area (Å²) in [6.07, 6.45) is 2.47. The van der Waals surface area contributed by atoms with Crippen molar-refractivity contribution >= 4 is 23.1 Å². The number of fused-ring (bicyclic) bond motifs is 2. The van der Waals surface area contributed by atoms with Crippen LogP contribution in [0.15, 0.2) is 72.4 Å². The molecule has 3 aromatic carbocycles. The Morgan fingerprint density at radius 2 is 1.45 bits per heavy atom. The van der Waals surface area contributed by atoms with Crippen LogP contribution in [0.5, 0.6) is 23.0 Å². The maximum absolute atomic E-state index is 13.9. The predicted molar refractivity (Wildman–Crippen MR) is 144 cm³/mol. The number of para-hydroxylation sites is 2. The van der Waals surface area contributed by atoms with Crippen molar-refractivity contribution in [1.82, 2.24) is 0 Å². The van der Waals surface area contributed by atoms with Crippen molar-refractivity contribution in [1.29, 1.82) is 0 Å². The van der Waals surface area contributed by atoms with Gasteiger partial charge >= 0.3 is 5.97 Å². The Morgan fingerprint density at radius 3 is 2.16 bits per heavy atom. The summed E-state index contributed by atoms with van der Waals surface area (Å²) < 4.78 is 21.7. The molecule has 2 aliphatic rings. The fourth-order valence-electron chi connectivity index (χ4n) is 5.20. The maximum Gasteiger partial charge on any atom is 0.308 e. The Hall–Kier alpha value is -4.46. The van der Waals surface area contributed by atoms with Gasteiger partial charge in [-0.3, -0.25) is 9.59 Å². The first kappa shape index (κ1) is 25.2. The fourth-order valence-corrected chi connectivity index (χ4v) is 5.20. The number of benzene rings is 3. The number of ketones is 1. The molecule has 3 aromatic rings. The van der Waals surface area contributed by atoms with Crippen LogP contribution in [0.2, 0.25) is 0 Å². The van der Waals surface area contributed by atoms with E-state index in [0.29, 0.717) is 29.4 Å². The lowest BCUT2D eigenvalue weighted by atomic mass is 9.76. The minimum atomic E-state index is -0.469. The van der Waals surface area contributed by atoms with E-state index in [4.69, 9.17) is 18.9 Å². The van der Waals surface area contributed by atoms with E-state index in [-0.39, 0.29) is 17.7 Å². The summed E-state index contributed by atoms with van der Waals surface area (Å²) >= 11 is 0. The molecule has 3 atom stereocenters. The molecule has 1 aliphatic heterocycles. The van der Waals surface area contributed by atoms with Gasteiger partial charge in [0.25, 0.3) is 0 Å². The van der Waals surface area contributed by atoms with Crippen LogP contribution in [0.1, 0.15) is 36.4 Å². The molecule has 8 heteroatoms. The highest BCUT2D eigenvalue weighted by Gasteiger charge is 2.40. The summed E-state index contributed by atoms with van der Waals surface area (Å²) in [5.41, 5.74) is 4.40. The SMILES string of the molecule is COc1ccc(C2C=C3Nc4ccccc4NC(c4ccc(OC(C)=O)c(OC)c4)C3C(=O)C2)cc1OC. The van der Waals surface area contributed by atoms with Crippen LogP contribution in [0, 0.1) is 5.92 Å². The Morgan fingerprint density at radius 1 is 0.816 bits per heavy atom. The van der Waals surface area contributed by atoms with Crippen LogP contribution in [0.3, 0.4) is 0 Å². The van der Waals surface area contributed by atoms with Crippen molar-refractivity contribution in [2.24, 2.45) is 5.92 Å². The number of carbonyl (C=O) groups excluding carboxylic acids is 2. The molecular formula is C30H30N2O6. The van der Waals surface area contributed by atoms with Gasteiger partial charge in [0.15, 0.2) is 23.0 Å². The highest BCUT2D eigenvalue weighted by atomic mass is 16.6. The molecule has 0 saturated carbocycles. The molecule has 3 unspecified atom stereocenters. The smallest absolute Gasteiger partial charge is 0.308 e. The molecule has 2 N–H and O–H groups in total. The molecule has 0 fully saturated rings. The number of allylic oxidation sites excluding steroid dienone is 1. The molecule has 5 rings (SSSR count). The number of esters is 1. The van der Waals surface area contributed by atoms with Gasteiger partial charge in [0.1, 0.15) is 5.78 Å². The van der Waals surface area contributed by atoms with E-state index in [2.05, 4.69) is 16.7 Å².